The van der Waals surface area contributed by atoms with Crippen molar-refractivity contribution in [2.45, 2.75) is 12.5 Å². The van der Waals surface area contributed by atoms with Crippen molar-refractivity contribution in [3.8, 4) is 17.5 Å². The maximum atomic E-state index is 14.0. The van der Waals surface area contributed by atoms with Crippen molar-refractivity contribution in [1.82, 2.24) is 9.97 Å². The van der Waals surface area contributed by atoms with Crippen molar-refractivity contribution in [1.29, 1.82) is 0 Å². The van der Waals surface area contributed by atoms with E-state index in [-0.39, 0.29) is 34.9 Å². The first-order valence-corrected chi connectivity index (χ1v) is 7.72. The Hall–Kier alpha value is -3.29. The molecule has 4 rings (SSSR count). The fraction of sp³-hybridized carbons (Fsp3) is 0.167. The fourth-order valence-corrected chi connectivity index (χ4v) is 2.87. The van der Waals surface area contributed by atoms with Gasteiger partial charge in [-0.2, -0.15) is 9.97 Å². The van der Waals surface area contributed by atoms with Crippen molar-refractivity contribution >= 4 is 5.97 Å². The number of halogens is 2. The van der Waals surface area contributed by atoms with Gasteiger partial charge in [0.2, 0.25) is 0 Å². The van der Waals surface area contributed by atoms with Gasteiger partial charge in [0.15, 0.2) is 5.76 Å². The van der Waals surface area contributed by atoms with Crippen LogP contribution in [0.4, 0.5) is 8.78 Å². The number of nitrogens with zero attached hydrogens (tertiary/aromatic N) is 2. The number of fused-ring (bicyclic) bond motifs is 1. The van der Waals surface area contributed by atoms with Crippen LogP contribution in [0.2, 0.25) is 0 Å². The molecule has 0 saturated heterocycles. The van der Waals surface area contributed by atoms with Crippen molar-refractivity contribution in [3.05, 3.63) is 65.1 Å². The van der Waals surface area contributed by atoms with E-state index < -0.39 is 23.7 Å². The quantitative estimate of drug-likeness (QED) is 0.665. The van der Waals surface area contributed by atoms with Crippen LogP contribution in [-0.2, 0) is 11.2 Å². The van der Waals surface area contributed by atoms with Crippen LogP contribution in [0.1, 0.15) is 27.7 Å². The summed E-state index contributed by atoms with van der Waals surface area (Å²) in [6.07, 6.45) is 0.271. The fourth-order valence-electron chi connectivity index (χ4n) is 2.87. The summed E-state index contributed by atoms with van der Waals surface area (Å²) in [6, 6.07) is 6.81. The van der Waals surface area contributed by atoms with Gasteiger partial charge in [-0.1, -0.05) is 6.07 Å². The largest absolute Gasteiger partial charge is 0.467 e. The predicted molar refractivity (Wildman–Crippen MR) is 84.5 cm³/mol. The van der Waals surface area contributed by atoms with Crippen LogP contribution in [0.25, 0.3) is 11.5 Å². The molecular formula is C18H12F2N2O4. The number of rotatable bonds is 4. The summed E-state index contributed by atoms with van der Waals surface area (Å²) in [6.45, 7) is 0. The molecule has 0 saturated carbocycles. The zero-order valence-corrected chi connectivity index (χ0v) is 13.5. The lowest BCUT2D eigenvalue weighted by atomic mass is 10.0. The molecule has 132 valence electrons. The van der Waals surface area contributed by atoms with Crippen molar-refractivity contribution in [2.75, 3.05) is 7.11 Å². The zero-order chi connectivity index (χ0) is 18.3. The van der Waals surface area contributed by atoms with E-state index in [9.17, 15) is 13.6 Å². The number of cyclic esters (lactones) is 1. The van der Waals surface area contributed by atoms with Crippen molar-refractivity contribution in [2.24, 2.45) is 0 Å². The Balaban J connectivity index is 1.82. The number of ether oxygens (including phenoxy) is 2. The van der Waals surface area contributed by atoms with Crippen LogP contribution in [0.5, 0.6) is 6.01 Å². The molecule has 6 nitrogen and oxygen atoms in total. The summed E-state index contributed by atoms with van der Waals surface area (Å²) < 4.78 is 43.6. The minimum atomic E-state index is -0.963. The highest BCUT2D eigenvalue weighted by Gasteiger charge is 2.38. The first kappa shape index (κ1) is 16.2. The lowest BCUT2D eigenvalue weighted by Crippen LogP contribution is -2.08. The van der Waals surface area contributed by atoms with Crippen LogP contribution in [0, 0.1) is 11.6 Å². The first-order chi connectivity index (χ1) is 12.6. The van der Waals surface area contributed by atoms with Crippen LogP contribution in [0.15, 0.2) is 41.0 Å². The van der Waals surface area contributed by atoms with Crippen molar-refractivity contribution < 1.29 is 27.5 Å². The minimum Gasteiger partial charge on any atom is -0.467 e. The van der Waals surface area contributed by atoms with Crippen LogP contribution in [-0.4, -0.2) is 23.0 Å². The molecule has 2 aromatic heterocycles. The molecular weight excluding hydrogens is 346 g/mol. The maximum Gasteiger partial charge on any atom is 0.343 e. The maximum absolute atomic E-state index is 14.0. The highest BCUT2D eigenvalue weighted by atomic mass is 19.1. The van der Waals surface area contributed by atoms with E-state index in [2.05, 4.69) is 9.97 Å². The van der Waals surface area contributed by atoms with Gasteiger partial charge in [0, 0.05) is 12.0 Å². The van der Waals surface area contributed by atoms with Gasteiger partial charge in [0.25, 0.3) is 0 Å². The molecule has 8 heteroatoms. The van der Waals surface area contributed by atoms with Crippen LogP contribution >= 0.6 is 0 Å². The standard InChI is InChI=1S/C18H12F2N2O4/c1-24-18-21-15(12-6-3-7-25-12)14-16(22-18)13(26-17(14)23)8-9-10(19)4-2-5-11(9)20/h2-7,13H,8H2,1H3. The SMILES string of the molecule is COc1nc(-c2ccco2)c2c(n1)C(Cc1c(F)cccc1F)OC2=O. The monoisotopic (exact) mass is 358 g/mol. The second-order valence-electron chi connectivity index (χ2n) is 5.59. The molecule has 3 aromatic rings. The molecule has 0 fully saturated rings. The van der Waals surface area contributed by atoms with Gasteiger partial charge in [-0.15, -0.1) is 0 Å². The van der Waals surface area contributed by atoms with Crippen molar-refractivity contribution in [3.63, 3.8) is 0 Å². The van der Waals surface area contributed by atoms with E-state index in [1.807, 2.05) is 0 Å². The average molecular weight is 358 g/mol. The molecule has 0 N–H and O–H groups in total. The molecule has 0 bridgehead atoms. The molecule has 1 atom stereocenters. The highest BCUT2D eigenvalue weighted by molar-refractivity contribution is 5.99. The lowest BCUT2D eigenvalue weighted by Gasteiger charge is -2.12. The molecule has 0 spiro atoms. The van der Waals surface area contributed by atoms with Gasteiger partial charge in [0.1, 0.15) is 34.7 Å². The smallest absolute Gasteiger partial charge is 0.343 e. The molecule has 1 aliphatic rings. The van der Waals surface area contributed by atoms with E-state index in [1.165, 1.54) is 19.4 Å². The molecule has 26 heavy (non-hydrogen) atoms. The number of esters is 1. The lowest BCUT2D eigenvalue weighted by molar-refractivity contribution is 0.0378. The number of hydrogen-bond donors (Lipinski definition) is 0. The Bertz CT molecular complexity index is 969. The minimum absolute atomic E-state index is 0.00699. The Labute approximate surface area is 146 Å². The molecule has 3 heterocycles. The second kappa shape index (κ2) is 6.21. The Morgan fingerprint density at radius 3 is 2.58 bits per heavy atom. The number of aromatic nitrogens is 2. The van der Waals surface area contributed by atoms with Gasteiger partial charge < -0.3 is 13.9 Å². The summed E-state index contributed by atoms with van der Waals surface area (Å²) in [5.41, 5.74) is 0.326. The number of carbonyl (C=O) groups excluding carboxylic acids is 1. The summed E-state index contributed by atoms with van der Waals surface area (Å²) in [5.74, 6) is -1.80. The van der Waals surface area contributed by atoms with Gasteiger partial charge >= 0.3 is 12.0 Å². The Morgan fingerprint density at radius 1 is 1.15 bits per heavy atom. The third kappa shape index (κ3) is 2.59. The van der Waals surface area contributed by atoms with Crippen LogP contribution in [0.3, 0.4) is 0 Å². The molecule has 1 unspecified atom stereocenters. The molecule has 0 aliphatic carbocycles. The molecule has 1 aromatic carbocycles. The second-order valence-corrected chi connectivity index (χ2v) is 5.59. The van der Waals surface area contributed by atoms with Gasteiger partial charge in [-0.3, -0.25) is 0 Å². The number of furan rings is 1. The van der Waals surface area contributed by atoms with E-state index in [4.69, 9.17) is 13.9 Å². The summed E-state index contributed by atoms with van der Waals surface area (Å²) in [5, 5.41) is 0. The number of carbonyl (C=O) groups is 1. The van der Waals surface area contributed by atoms with Gasteiger partial charge in [0.05, 0.1) is 13.4 Å². The predicted octanol–water partition coefficient (Wildman–Crippen LogP) is 3.48. The highest BCUT2D eigenvalue weighted by Crippen LogP contribution is 2.38. The van der Waals surface area contributed by atoms with E-state index in [0.29, 0.717) is 5.76 Å². The average Bonchev–Trinajstić information content (AvgIpc) is 3.26. The third-order valence-corrected chi connectivity index (χ3v) is 4.06. The summed E-state index contributed by atoms with van der Waals surface area (Å²) >= 11 is 0. The molecule has 0 amide bonds. The van der Waals surface area contributed by atoms with Crippen LogP contribution < -0.4 is 4.74 Å². The van der Waals surface area contributed by atoms with Gasteiger partial charge in [-0.05, 0) is 24.3 Å². The van der Waals surface area contributed by atoms with E-state index >= 15 is 0 Å². The molecule has 1 aliphatic heterocycles. The number of benzene rings is 1. The number of methoxy groups -OCH3 is 1. The Morgan fingerprint density at radius 2 is 1.92 bits per heavy atom. The summed E-state index contributed by atoms with van der Waals surface area (Å²) in [7, 11) is 1.37. The van der Waals surface area contributed by atoms with Gasteiger partial charge in [-0.25, -0.2) is 13.6 Å². The topological polar surface area (TPSA) is 74.5 Å². The zero-order valence-electron chi connectivity index (χ0n) is 13.5. The third-order valence-electron chi connectivity index (χ3n) is 4.06. The molecule has 0 radical (unpaired) electrons. The van der Waals surface area contributed by atoms with E-state index in [0.717, 1.165) is 12.1 Å². The summed E-state index contributed by atoms with van der Waals surface area (Å²) in [4.78, 5) is 20.7. The first-order valence-electron chi connectivity index (χ1n) is 7.72. The Kier molecular flexibility index (Phi) is 3.87. The number of hydrogen-bond acceptors (Lipinski definition) is 6. The normalized spacial score (nSPS) is 15.7. The van der Waals surface area contributed by atoms with E-state index in [1.54, 1.807) is 12.1 Å².